The van der Waals surface area contributed by atoms with Gasteiger partial charge in [0, 0.05) is 24.1 Å². The normalized spacial score (nSPS) is 12.3. The Morgan fingerprint density at radius 2 is 2.00 bits per heavy atom. The van der Waals surface area contributed by atoms with E-state index in [0.29, 0.717) is 11.1 Å². The van der Waals surface area contributed by atoms with E-state index in [0.717, 1.165) is 13.2 Å². The van der Waals surface area contributed by atoms with Gasteiger partial charge in [-0.05, 0) is 24.1 Å². The number of nitriles is 1. The number of aromatic amines is 1. The molecule has 1 N–H and O–H groups in total. The predicted molar refractivity (Wildman–Crippen MR) is 91.5 cm³/mol. The zero-order valence-corrected chi connectivity index (χ0v) is 14.9. The number of hydrogen-bond acceptors (Lipinski definition) is 5. The summed E-state index contributed by atoms with van der Waals surface area (Å²) in [6.45, 7) is 2.32. The Hall–Kier alpha value is -2.86. The molecule has 0 bridgehead atoms. The maximum Gasteiger partial charge on any atom is 0.289 e. The van der Waals surface area contributed by atoms with E-state index in [2.05, 4.69) is 15.2 Å². The standard InChI is InChI=1S/C17H14F2N4O2S/c1-9-6-10(4-5-13(9)26(3,24)25)14-11(7-20)21-8-12-15(14)16(23-22-12)17(2,18)19/h4-6,8H,1-3H3,(H,22,23). The number of halogens is 2. The van der Waals surface area contributed by atoms with Crippen LogP contribution in [0.2, 0.25) is 0 Å². The third-order valence-electron chi connectivity index (χ3n) is 3.99. The van der Waals surface area contributed by atoms with Crippen molar-refractivity contribution in [3.05, 3.63) is 41.3 Å². The zero-order valence-electron chi connectivity index (χ0n) is 14.1. The summed E-state index contributed by atoms with van der Waals surface area (Å²) in [7, 11) is -3.43. The second kappa shape index (κ2) is 5.85. The number of alkyl halides is 2. The van der Waals surface area contributed by atoms with Crippen LogP contribution in [0.3, 0.4) is 0 Å². The first-order valence-electron chi connectivity index (χ1n) is 7.50. The number of H-pyrrole nitrogens is 1. The van der Waals surface area contributed by atoms with Crippen molar-refractivity contribution in [2.24, 2.45) is 0 Å². The zero-order chi connectivity index (χ0) is 19.3. The van der Waals surface area contributed by atoms with Crippen molar-refractivity contribution < 1.29 is 17.2 Å². The smallest absolute Gasteiger partial charge is 0.276 e. The van der Waals surface area contributed by atoms with Crippen molar-refractivity contribution in [1.82, 2.24) is 15.2 Å². The molecule has 1 aromatic carbocycles. The van der Waals surface area contributed by atoms with Gasteiger partial charge in [0.1, 0.15) is 17.5 Å². The topological polar surface area (TPSA) is 99.5 Å². The summed E-state index contributed by atoms with van der Waals surface area (Å²) in [6.07, 6.45) is 2.36. The van der Waals surface area contributed by atoms with Crippen LogP contribution in [0, 0.1) is 18.3 Å². The number of fused-ring (bicyclic) bond motifs is 1. The summed E-state index contributed by atoms with van der Waals surface area (Å²) in [6, 6.07) is 6.31. The van der Waals surface area contributed by atoms with Crippen LogP contribution >= 0.6 is 0 Å². The van der Waals surface area contributed by atoms with Crippen LogP contribution in [0.1, 0.15) is 23.9 Å². The number of rotatable bonds is 3. The van der Waals surface area contributed by atoms with Gasteiger partial charge in [-0.2, -0.15) is 19.1 Å². The van der Waals surface area contributed by atoms with E-state index in [1.54, 1.807) is 6.92 Å². The van der Waals surface area contributed by atoms with Crippen LogP contribution in [-0.4, -0.2) is 29.9 Å². The molecule has 3 rings (SSSR count). The predicted octanol–water partition coefficient (Wildman–Crippen LogP) is 3.32. The van der Waals surface area contributed by atoms with E-state index < -0.39 is 21.5 Å². The Balaban J connectivity index is 2.40. The van der Waals surface area contributed by atoms with Crippen molar-refractivity contribution in [1.29, 1.82) is 5.26 Å². The summed E-state index contributed by atoms with van der Waals surface area (Å²) < 4.78 is 51.6. The number of benzene rings is 1. The van der Waals surface area contributed by atoms with Crippen molar-refractivity contribution in [2.75, 3.05) is 6.26 Å². The first-order chi connectivity index (χ1) is 12.0. The maximum absolute atomic E-state index is 14.0. The van der Waals surface area contributed by atoms with Gasteiger partial charge in [-0.3, -0.25) is 5.10 Å². The largest absolute Gasteiger partial charge is 0.289 e. The molecular weight excluding hydrogens is 362 g/mol. The molecule has 9 heteroatoms. The summed E-state index contributed by atoms with van der Waals surface area (Å²) in [5.74, 6) is -3.23. The third-order valence-corrected chi connectivity index (χ3v) is 5.25. The molecule has 0 amide bonds. The van der Waals surface area contributed by atoms with Crippen LogP contribution in [0.4, 0.5) is 8.78 Å². The summed E-state index contributed by atoms with van der Waals surface area (Å²) in [5.41, 5.74) is 0.775. The van der Waals surface area contributed by atoms with Crippen LogP contribution in [0.25, 0.3) is 22.0 Å². The molecule has 0 aliphatic heterocycles. The lowest BCUT2D eigenvalue weighted by Crippen LogP contribution is -2.09. The number of sulfone groups is 1. The van der Waals surface area contributed by atoms with Gasteiger partial charge in [-0.15, -0.1) is 0 Å². The number of nitrogens with one attached hydrogen (secondary N) is 1. The van der Waals surface area contributed by atoms with E-state index in [1.165, 1.54) is 24.4 Å². The molecule has 134 valence electrons. The number of pyridine rings is 1. The van der Waals surface area contributed by atoms with Gasteiger partial charge >= 0.3 is 0 Å². The quantitative estimate of drug-likeness (QED) is 0.756. The summed E-state index contributed by atoms with van der Waals surface area (Å²) >= 11 is 0. The Morgan fingerprint density at radius 3 is 2.54 bits per heavy atom. The van der Waals surface area contributed by atoms with Crippen molar-refractivity contribution in [3.63, 3.8) is 0 Å². The Labute approximate surface area is 148 Å². The first-order valence-corrected chi connectivity index (χ1v) is 9.39. The van der Waals surface area contributed by atoms with Gasteiger partial charge in [0.25, 0.3) is 5.92 Å². The maximum atomic E-state index is 14.0. The lowest BCUT2D eigenvalue weighted by Gasteiger charge is -2.12. The number of hydrogen-bond donors (Lipinski definition) is 1. The molecule has 0 unspecified atom stereocenters. The molecule has 0 fully saturated rings. The fraction of sp³-hybridized carbons (Fsp3) is 0.235. The molecule has 2 aromatic heterocycles. The van der Waals surface area contributed by atoms with Crippen LogP contribution in [0.5, 0.6) is 0 Å². The molecule has 0 radical (unpaired) electrons. The van der Waals surface area contributed by atoms with E-state index >= 15 is 0 Å². The highest BCUT2D eigenvalue weighted by Crippen LogP contribution is 2.38. The van der Waals surface area contributed by atoms with Gasteiger partial charge in [0.15, 0.2) is 9.84 Å². The van der Waals surface area contributed by atoms with Gasteiger partial charge in [0.2, 0.25) is 0 Å². The minimum atomic E-state index is -3.43. The van der Waals surface area contributed by atoms with Crippen LogP contribution < -0.4 is 0 Å². The number of aryl methyl sites for hydroxylation is 1. The molecule has 2 heterocycles. The molecule has 0 aliphatic carbocycles. The Morgan fingerprint density at radius 1 is 1.31 bits per heavy atom. The van der Waals surface area contributed by atoms with E-state index in [4.69, 9.17) is 0 Å². The van der Waals surface area contributed by atoms with Crippen LogP contribution in [-0.2, 0) is 15.8 Å². The SMILES string of the molecule is Cc1cc(-c2c(C#N)ncc3[nH]nc(C(C)(F)F)c23)ccc1S(C)(=O)=O. The van der Waals surface area contributed by atoms with Gasteiger partial charge < -0.3 is 0 Å². The molecular formula is C17H14F2N4O2S. The minimum absolute atomic E-state index is 0.0455. The lowest BCUT2D eigenvalue weighted by atomic mass is 9.96. The monoisotopic (exact) mass is 376 g/mol. The average Bonchev–Trinajstić information content (AvgIpc) is 2.96. The highest BCUT2D eigenvalue weighted by atomic mass is 32.2. The molecule has 0 spiro atoms. The molecule has 0 aliphatic rings. The van der Waals surface area contributed by atoms with Crippen LogP contribution in [0.15, 0.2) is 29.3 Å². The van der Waals surface area contributed by atoms with Gasteiger partial charge in [-0.1, -0.05) is 12.1 Å². The lowest BCUT2D eigenvalue weighted by molar-refractivity contribution is 0.0143. The fourth-order valence-corrected chi connectivity index (χ4v) is 3.88. The van der Waals surface area contributed by atoms with Crippen molar-refractivity contribution in [3.8, 4) is 17.2 Å². The molecule has 26 heavy (non-hydrogen) atoms. The molecule has 0 saturated heterocycles. The average molecular weight is 376 g/mol. The second-order valence-corrected chi connectivity index (χ2v) is 8.08. The molecule has 0 atom stereocenters. The first kappa shape index (κ1) is 17.9. The number of nitrogens with zero attached hydrogens (tertiary/aromatic N) is 3. The highest BCUT2D eigenvalue weighted by Gasteiger charge is 2.32. The summed E-state index contributed by atoms with van der Waals surface area (Å²) in [4.78, 5) is 4.13. The summed E-state index contributed by atoms with van der Waals surface area (Å²) in [5, 5.41) is 15.7. The van der Waals surface area contributed by atoms with Gasteiger partial charge in [-0.25, -0.2) is 13.4 Å². The van der Waals surface area contributed by atoms with E-state index in [1.807, 2.05) is 6.07 Å². The van der Waals surface area contributed by atoms with Crippen molar-refractivity contribution in [2.45, 2.75) is 24.7 Å². The van der Waals surface area contributed by atoms with Crippen molar-refractivity contribution >= 4 is 20.7 Å². The Kier molecular flexibility index (Phi) is 4.04. The molecule has 6 nitrogen and oxygen atoms in total. The fourth-order valence-electron chi connectivity index (χ4n) is 2.92. The minimum Gasteiger partial charge on any atom is -0.276 e. The second-order valence-electron chi connectivity index (χ2n) is 6.10. The van der Waals surface area contributed by atoms with E-state index in [-0.39, 0.29) is 27.1 Å². The molecule has 0 saturated carbocycles. The number of aromatic nitrogens is 3. The van der Waals surface area contributed by atoms with Gasteiger partial charge in [0.05, 0.1) is 16.6 Å². The highest BCUT2D eigenvalue weighted by molar-refractivity contribution is 7.90. The van der Waals surface area contributed by atoms with E-state index in [9.17, 15) is 22.5 Å². The molecule has 3 aromatic rings. The third kappa shape index (κ3) is 2.93. The Bertz CT molecular complexity index is 1170.